The molecule has 0 N–H and O–H groups in total. The van der Waals surface area contributed by atoms with Crippen LogP contribution >= 0.6 is 11.6 Å². The number of rotatable bonds is 1. The molecule has 1 aliphatic heterocycles. The van der Waals surface area contributed by atoms with Gasteiger partial charge in [-0.1, -0.05) is 17.7 Å². The molecule has 2 heterocycles. The van der Waals surface area contributed by atoms with Gasteiger partial charge in [0, 0.05) is 29.1 Å². The maximum absolute atomic E-state index is 12.0. The van der Waals surface area contributed by atoms with Crippen molar-refractivity contribution in [1.29, 1.82) is 0 Å². The molecular weight excluding hydrogens is 272 g/mol. The van der Waals surface area contributed by atoms with Gasteiger partial charge in [-0.15, -0.1) is 0 Å². The van der Waals surface area contributed by atoms with Gasteiger partial charge in [0.05, 0.1) is 11.0 Å². The largest absolute Gasteiger partial charge is 0.323 e. The molecule has 0 fully saturated rings. The van der Waals surface area contributed by atoms with E-state index in [1.54, 1.807) is 0 Å². The van der Waals surface area contributed by atoms with Gasteiger partial charge in [0.2, 0.25) is 0 Å². The van der Waals surface area contributed by atoms with Gasteiger partial charge in [0.1, 0.15) is 5.82 Å². The second-order valence-corrected chi connectivity index (χ2v) is 5.38. The number of hydrogen-bond acceptors (Lipinski definition) is 2. The number of benzene rings is 2. The lowest BCUT2D eigenvalue weighted by molar-refractivity contribution is 0.0973. The SMILES string of the molecule is O=C1CCn2c(-c3ccc(Cl)cc3)nc3cccc1c32. The molecule has 20 heavy (non-hydrogen) atoms. The van der Waals surface area contributed by atoms with Gasteiger partial charge in [0.25, 0.3) is 0 Å². The van der Waals surface area contributed by atoms with Crippen LogP contribution < -0.4 is 0 Å². The molecule has 0 atom stereocenters. The summed E-state index contributed by atoms with van der Waals surface area (Å²) < 4.78 is 2.13. The Morgan fingerprint density at radius 1 is 1.10 bits per heavy atom. The highest BCUT2D eigenvalue weighted by Gasteiger charge is 2.23. The van der Waals surface area contributed by atoms with Crippen molar-refractivity contribution in [2.45, 2.75) is 13.0 Å². The third-order valence-electron chi connectivity index (χ3n) is 3.73. The molecule has 2 aromatic carbocycles. The van der Waals surface area contributed by atoms with Crippen molar-refractivity contribution in [1.82, 2.24) is 9.55 Å². The highest BCUT2D eigenvalue weighted by atomic mass is 35.5. The first-order valence-electron chi connectivity index (χ1n) is 6.52. The van der Waals surface area contributed by atoms with Crippen molar-refractivity contribution in [2.75, 3.05) is 0 Å². The molecule has 4 heteroatoms. The van der Waals surface area contributed by atoms with Crippen LogP contribution in [0.5, 0.6) is 0 Å². The number of imidazole rings is 1. The van der Waals surface area contributed by atoms with E-state index in [9.17, 15) is 4.79 Å². The lowest BCUT2D eigenvalue weighted by Crippen LogP contribution is -2.14. The Hall–Kier alpha value is -2.13. The number of carbonyl (C=O) groups is 1. The van der Waals surface area contributed by atoms with Crippen LogP contribution in [0.2, 0.25) is 5.02 Å². The molecule has 0 amide bonds. The number of nitrogens with zero attached hydrogens (tertiary/aromatic N) is 2. The smallest absolute Gasteiger partial charge is 0.166 e. The first-order chi connectivity index (χ1) is 9.74. The molecule has 0 aliphatic carbocycles. The number of carbonyl (C=O) groups excluding carboxylic acids is 1. The summed E-state index contributed by atoms with van der Waals surface area (Å²) in [6.45, 7) is 0.685. The number of Topliss-reactive ketones (excluding diaryl/α,β-unsaturated/α-hetero) is 1. The number of hydrogen-bond donors (Lipinski definition) is 0. The summed E-state index contributed by atoms with van der Waals surface area (Å²) in [5, 5.41) is 0.708. The van der Waals surface area contributed by atoms with E-state index in [2.05, 4.69) is 9.55 Å². The van der Waals surface area contributed by atoms with E-state index in [0.717, 1.165) is 28.0 Å². The van der Waals surface area contributed by atoms with Gasteiger partial charge in [0.15, 0.2) is 5.78 Å². The molecule has 3 nitrogen and oxygen atoms in total. The number of para-hydroxylation sites is 1. The fraction of sp³-hybridized carbons (Fsp3) is 0.125. The number of ketones is 1. The van der Waals surface area contributed by atoms with Crippen molar-refractivity contribution in [3.05, 3.63) is 53.1 Å². The molecule has 0 bridgehead atoms. The molecule has 0 spiro atoms. The molecular formula is C16H11ClN2O. The van der Waals surface area contributed by atoms with Gasteiger partial charge >= 0.3 is 0 Å². The van der Waals surface area contributed by atoms with Crippen LogP contribution in [-0.4, -0.2) is 15.3 Å². The summed E-state index contributed by atoms with van der Waals surface area (Å²) in [5.74, 6) is 1.10. The Labute approximate surface area is 120 Å². The van der Waals surface area contributed by atoms with Crippen LogP contribution in [0.15, 0.2) is 42.5 Å². The topological polar surface area (TPSA) is 34.9 Å². The predicted molar refractivity (Wildman–Crippen MR) is 79.1 cm³/mol. The quantitative estimate of drug-likeness (QED) is 0.677. The zero-order valence-electron chi connectivity index (χ0n) is 10.6. The lowest BCUT2D eigenvalue weighted by Gasteiger charge is -2.15. The van der Waals surface area contributed by atoms with E-state index < -0.39 is 0 Å². The van der Waals surface area contributed by atoms with Crippen LogP contribution in [0.25, 0.3) is 22.4 Å². The minimum atomic E-state index is 0.200. The van der Waals surface area contributed by atoms with Crippen LogP contribution in [-0.2, 0) is 6.54 Å². The summed E-state index contributed by atoms with van der Waals surface area (Å²) in [6, 6.07) is 13.4. The fourth-order valence-electron chi connectivity index (χ4n) is 2.80. The third kappa shape index (κ3) is 1.60. The van der Waals surface area contributed by atoms with Crippen LogP contribution in [0.4, 0.5) is 0 Å². The molecule has 0 saturated heterocycles. The minimum Gasteiger partial charge on any atom is -0.323 e. The van der Waals surface area contributed by atoms with Gasteiger partial charge in [-0.25, -0.2) is 4.98 Å². The zero-order chi connectivity index (χ0) is 13.7. The molecule has 1 aromatic heterocycles. The Bertz CT molecular complexity index is 834. The number of aromatic nitrogens is 2. The first kappa shape index (κ1) is 11.7. The number of halogens is 1. The summed E-state index contributed by atoms with van der Waals surface area (Å²) in [7, 11) is 0. The highest BCUT2D eigenvalue weighted by Crippen LogP contribution is 2.31. The van der Waals surface area contributed by atoms with E-state index >= 15 is 0 Å². The maximum atomic E-state index is 12.0. The maximum Gasteiger partial charge on any atom is 0.166 e. The first-order valence-corrected chi connectivity index (χ1v) is 6.90. The zero-order valence-corrected chi connectivity index (χ0v) is 11.4. The Kier molecular flexibility index (Phi) is 2.44. The molecule has 3 aromatic rings. The Morgan fingerprint density at radius 3 is 2.70 bits per heavy atom. The Balaban J connectivity index is 2.03. The van der Waals surface area contributed by atoms with Crippen molar-refractivity contribution >= 4 is 28.4 Å². The third-order valence-corrected chi connectivity index (χ3v) is 3.98. The van der Waals surface area contributed by atoms with Crippen molar-refractivity contribution in [3.63, 3.8) is 0 Å². The van der Waals surface area contributed by atoms with Crippen molar-refractivity contribution in [3.8, 4) is 11.4 Å². The second-order valence-electron chi connectivity index (χ2n) is 4.94. The fourth-order valence-corrected chi connectivity index (χ4v) is 2.92. The van der Waals surface area contributed by atoms with E-state index in [1.807, 2.05) is 42.5 Å². The lowest BCUT2D eigenvalue weighted by atomic mass is 10.0. The van der Waals surface area contributed by atoms with Gasteiger partial charge < -0.3 is 4.57 Å². The van der Waals surface area contributed by atoms with E-state index in [-0.39, 0.29) is 5.78 Å². The molecule has 1 aliphatic rings. The van der Waals surface area contributed by atoms with Gasteiger partial charge in [-0.05, 0) is 36.4 Å². The number of aryl methyl sites for hydroxylation is 1. The highest BCUT2D eigenvalue weighted by molar-refractivity contribution is 6.30. The van der Waals surface area contributed by atoms with Crippen molar-refractivity contribution in [2.24, 2.45) is 0 Å². The normalized spacial score (nSPS) is 13.9. The predicted octanol–water partition coefficient (Wildman–Crippen LogP) is 3.94. The summed E-state index contributed by atoms with van der Waals surface area (Å²) >= 11 is 5.94. The molecule has 98 valence electrons. The average Bonchev–Trinajstić information content (AvgIpc) is 2.84. The molecule has 0 radical (unpaired) electrons. The minimum absolute atomic E-state index is 0.200. The summed E-state index contributed by atoms with van der Waals surface area (Å²) in [5.41, 5.74) is 3.63. The Morgan fingerprint density at radius 2 is 1.90 bits per heavy atom. The van der Waals surface area contributed by atoms with E-state index in [1.165, 1.54) is 0 Å². The van der Waals surface area contributed by atoms with Crippen LogP contribution in [0.3, 0.4) is 0 Å². The van der Waals surface area contributed by atoms with E-state index in [4.69, 9.17) is 11.6 Å². The standard InChI is InChI=1S/C16H11ClN2O/c17-11-6-4-10(5-7-11)16-18-13-3-1-2-12-14(20)8-9-19(16)15(12)13/h1-7H,8-9H2. The van der Waals surface area contributed by atoms with Crippen LogP contribution in [0, 0.1) is 0 Å². The molecule has 4 rings (SSSR count). The van der Waals surface area contributed by atoms with Gasteiger partial charge in [-0.3, -0.25) is 4.79 Å². The summed E-state index contributed by atoms with van der Waals surface area (Å²) in [4.78, 5) is 16.7. The molecule has 0 saturated carbocycles. The summed E-state index contributed by atoms with van der Waals surface area (Å²) in [6.07, 6.45) is 0.531. The molecule has 0 unspecified atom stereocenters. The second kappa shape index (κ2) is 4.18. The average molecular weight is 283 g/mol. The van der Waals surface area contributed by atoms with Crippen molar-refractivity contribution < 1.29 is 4.79 Å². The van der Waals surface area contributed by atoms with E-state index in [0.29, 0.717) is 18.0 Å². The van der Waals surface area contributed by atoms with Crippen LogP contribution in [0.1, 0.15) is 16.8 Å². The monoisotopic (exact) mass is 282 g/mol. The van der Waals surface area contributed by atoms with Gasteiger partial charge in [-0.2, -0.15) is 0 Å².